The topological polar surface area (TPSA) is 331 Å². The number of aliphatic carboxylic acids is 1. The fraction of sp³-hybridized carbons (Fsp3) is 0.765. The first-order chi connectivity index (χ1) is 27.4. The van der Waals surface area contributed by atoms with Gasteiger partial charge in [-0.3, -0.25) is 28.8 Å². The van der Waals surface area contributed by atoms with E-state index in [0.717, 1.165) is 0 Å². The molecule has 0 saturated heterocycles. The van der Waals surface area contributed by atoms with Crippen molar-refractivity contribution < 1.29 is 77.0 Å². The molecule has 5 amide bonds. The van der Waals surface area contributed by atoms with Gasteiger partial charge in [0.05, 0.1) is 91.2 Å². The van der Waals surface area contributed by atoms with Crippen LogP contribution in [0.2, 0.25) is 0 Å². The molecule has 0 aliphatic heterocycles. The van der Waals surface area contributed by atoms with Gasteiger partial charge in [0.25, 0.3) is 0 Å². The van der Waals surface area contributed by atoms with Crippen molar-refractivity contribution in [2.24, 2.45) is 5.73 Å². The van der Waals surface area contributed by atoms with Gasteiger partial charge in [0.15, 0.2) is 0 Å². The molecule has 0 aromatic carbocycles. The second-order valence-corrected chi connectivity index (χ2v) is 12.1. The van der Waals surface area contributed by atoms with Crippen LogP contribution < -0.4 is 37.9 Å². The number of nitrogens with one attached hydrogen (secondary N) is 6. The molecule has 23 heteroatoms. The summed E-state index contributed by atoms with van der Waals surface area (Å²) in [6, 6.07) is -2.87. The number of carboxylic acid groups (broad SMARTS) is 1. The molecule has 3 atom stereocenters. The van der Waals surface area contributed by atoms with E-state index in [1.165, 1.54) is 6.92 Å². The molecule has 0 aromatic heterocycles. The van der Waals surface area contributed by atoms with Crippen molar-refractivity contribution in [1.82, 2.24) is 32.1 Å². The van der Waals surface area contributed by atoms with E-state index in [1.54, 1.807) is 0 Å². The number of nitrogens with two attached hydrogens (primary N) is 1. The number of ether oxygens (including phenoxy) is 6. The van der Waals surface area contributed by atoms with Gasteiger partial charge in [-0.05, 0) is 32.6 Å². The number of ketones is 1. The van der Waals surface area contributed by atoms with Gasteiger partial charge in [0, 0.05) is 26.1 Å². The first kappa shape index (κ1) is 52.8. The number of aldehydes is 1. The van der Waals surface area contributed by atoms with Crippen LogP contribution in [0.25, 0.3) is 0 Å². The van der Waals surface area contributed by atoms with Gasteiger partial charge in [-0.15, -0.1) is 0 Å². The smallest absolute Gasteiger partial charge is 0.326 e. The highest BCUT2D eigenvalue weighted by atomic mass is 16.6. The number of carbonyl (C=O) groups excluding carboxylic acids is 7. The Morgan fingerprint density at radius 2 is 1.11 bits per heavy atom. The number of aliphatic hydroxyl groups excluding tert-OH is 1. The summed E-state index contributed by atoms with van der Waals surface area (Å²) in [7, 11) is 0. The number of rotatable bonds is 40. The van der Waals surface area contributed by atoms with Crippen molar-refractivity contribution in [1.29, 1.82) is 0 Å². The lowest BCUT2D eigenvalue weighted by atomic mass is 10.1. The van der Waals surface area contributed by atoms with Crippen LogP contribution in [0.5, 0.6) is 0 Å². The molecule has 2 unspecified atom stereocenters. The molecule has 0 aliphatic carbocycles. The Morgan fingerprint density at radius 1 is 0.614 bits per heavy atom. The Kier molecular flexibility index (Phi) is 33.5. The molecule has 0 saturated carbocycles. The third-order valence-corrected chi connectivity index (χ3v) is 7.18. The van der Waals surface area contributed by atoms with Gasteiger partial charge in [0.1, 0.15) is 31.3 Å². The van der Waals surface area contributed by atoms with E-state index >= 15 is 0 Å². The summed E-state index contributed by atoms with van der Waals surface area (Å²) in [5.41, 5.74) is 10.5. The Bertz CT molecular complexity index is 1180. The number of hydrogen-bond acceptors (Lipinski definition) is 17. The SMILES string of the molecule is CC(=O)CC(=O)NC(CCC(=O)NCCOCCOCCOCC(=O)NCCOCCOCCOCC(=O)NCCCCC(NN[C@H](C=O)CO)C(N)=O)C(=O)O. The number of aliphatic hydroxyl groups is 1. The predicted octanol–water partition coefficient (Wildman–Crippen LogP) is -4.56. The number of hydrogen-bond donors (Lipinski definition) is 9. The van der Waals surface area contributed by atoms with E-state index in [4.69, 9.17) is 39.3 Å². The van der Waals surface area contributed by atoms with Gasteiger partial charge in [-0.1, -0.05) is 0 Å². The highest BCUT2D eigenvalue weighted by Crippen LogP contribution is 2.01. The maximum absolute atomic E-state index is 11.9. The van der Waals surface area contributed by atoms with E-state index in [2.05, 4.69) is 32.1 Å². The van der Waals surface area contributed by atoms with E-state index in [0.29, 0.717) is 45.3 Å². The van der Waals surface area contributed by atoms with Crippen LogP contribution in [0.15, 0.2) is 0 Å². The van der Waals surface area contributed by atoms with Crippen molar-refractivity contribution in [3.05, 3.63) is 0 Å². The minimum absolute atomic E-state index is 0.131. The van der Waals surface area contributed by atoms with Crippen LogP contribution in [0.1, 0.15) is 45.4 Å². The molecule has 0 heterocycles. The molecule has 0 radical (unpaired) electrons. The molecule has 328 valence electrons. The van der Waals surface area contributed by atoms with Crippen molar-refractivity contribution >= 4 is 47.6 Å². The van der Waals surface area contributed by atoms with E-state index in [1.807, 2.05) is 0 Å². The third-order valence-electron chi connectivity index (χ3n) is 7.18. The summed E-state index contributed by atoms with van der Waals surface area (Å²) in [6.07, 6.45) is 1.32. The van der Waals surface area contributed by atoms with Crippen LogP contribution in [0, 0.1) is 0 Å². The van der Waals surface area contributed by atoms with Crippen LogP contribution in [0.4, 0.5) is 0 Å². The maximum Gasteiger partial charge on any atom is 0.326 e. The third kappa shape index (κ3) is 33.6. The molecule has 23 nitrogen and oxygen atoms in total. The van der Waals surface area contributed by atoms with Gasteiger partial charge >= 0.3 is 5.97 Å². The first-order valence-electron chi connectivity index (χ1n) is 18.5. The summed E-state index contributed by atoms with van der Waals surface area (Å²) in [5.74, 6) is -4.06. The lowest BCUT2D eigenvalue weighted by Gasteiger charge is -2.18. The Hall–Kier alpha value is -4.20. The van der Waals surface area contributed by atoms with Crippen LogP contribution in [-0.2, 0) is 66.8 Å². The Balaban J connectivity index is 3.56. The zero-order valence-electron chi connectivity index (χ0n) is 32.6. The molecule has 0 fully saturated rings. The minimum atomic E-state index is -1.30. The van der Waals surface area contributed by atoms with Crippen LogP contribution in [-0.4, -0.2) is 181 Å². The monoisotopic (exact) mass is 823 g/mol. The van der Waals surface area contributed by atoms with Crippen molar-refractivity contribution in [2.75, 3.05) is 106 Å². The Labute approximate surface area is 331 Å². The van der Waals surface area contributed by atoms with E-state index in [-0.39, 0.29) is 104 Å². The van der Waals surface area contributed by atoms with Crippen LogP contribution >= 0.6 is 0 Å². The van der Waals surface area contributed by atoms with E-state index in [9.17, 15) is 43.5 Å². The zero-order chi connectivity index (χ0) is 42.5. The summed E-state index contributed by atoms with van der Waals surface area (Å²) in [4.78, 5) is 91.7. The standard InChI is InChI=1S/C34H61N7O16/c1-25(44)20-30(46)39-28(34(50)51)5-6-29(45)37-8-10-52-12-14-54-17-19-57-24-32(48)38-9-11-53-13-15-55-16-18-56-23-31(47)36-7-3-2-4-27(33(35)49)41-40-26(21-42)22-43/h21,26-28,40-41,43H,2-20,22-24H2,1H3,(H2,35,49)(H,36,47)(H,37,45)(H,38,48)(H,39,46)(H,50,51)/t26-,27?,28?/m1/s1. The van der Waals surface area contributed by atoms with Gasteiger partial charge in [0.2, 0.25) is 29.5 Å². The largest absolute Gasteiger partial charge is 0.480 e. The van der Waals surface area contributed by atoms with Gasteiger partial charge in [-0.25, -0.2) is 15.6 Å². The Morgan fingerprint density at radius 3 is 1.58 bits per heavy atom. The number of unbranched alkanes of at least 4 members (excludes halogenated alkanes) is 1. The molecule has 57 heavy (non-hydrogen) atoms. The average Bonchev–Trinajstić information content (AvgIpc) is 3.16. The molecular formula is C34H61N7O16. The molecule has 0 aliphatic rings. The van der Waals surface area contributed by atoms with Crippen molar-refractivity contribution in [3.63, 3.8) is 0 Å². The highest BCUT2D eigenvalue weighted by Gasteiger charge is 2.21. The summed E-state index contributed by atoms with van der Waals surface area (Å²) in [5, 5.41) is 28.3. The van der Waals surface area contributed by atoms with Crippen molar-refractivity contribution in [3.8, 4) is 0 Å². The van der Waals surface area contributed by atoms with Gasteiger partial charge in [-0.2, -0.15) is 0 Å². The second kappa shape index (κ2) is 36.2. The van der Waals surface area contributed by atoms with Crippen LogP contribution in [0.3, 0.4) is 0 Å². The van der Waals surface area contributed by atoms with E-state index < -0.39 is 60.6 Å². The summed E-state index contributed by atoms with van der Waals surface area (Å²) in [6.45, 7) is 3.80. The number of carbonyl (C=O) groups is 8. The highest BCUT2D eigenvalue weighted by molar-refractivity contribution is 5.98. The number of primary amides is 1. The fourth-order valence-electron chi connectivity index (χ4n) is 4.25. The molecule has 0 aromatic rings. The first-order valence-corrected chi connectivity index (χ1v) is 18.5. The molecule has 0 bridgehead atoms. The summed E-state index contributed by atoms with van der Waals surface area (Å²) >= 11 is 0. The quantitative estimate of drug-likeness (QED) is 0.0122. The minimum Gasteiger partial charge on any atom is -0.480 e. The van der Waals surface area contributed by atoms with Crippen molar-refractivity contribution in [2.45, 2.75) is 63.6 Å². The predicted molar refractivity (Wildman–Crippen MR) is 198 cm³/mol. The normalized spacial score (nSPS) is 12.5. The second-order valence-electron chi connectivity index (χ2n) is 12.1. The molecule has 0 spiro atoms. The summed E-state index contributed by atoms with van der Waals surface area (Å²) < 4.78 is 32.0. The molecular weight excluding hydrogens is 762 g/mol. The number of amides is 5. The average molecular weight is 824 g/mol. The maximum atomic E-state index is 11.9. The zero-order valence-corrected chi connectivity index (χ0v) is 32.6. The lowest BCUT2D eigenvalue weighted by molar-refractivity contribution is -0.142. The lowest BCUT2D eigenvalue weighted by Crippen LogP contribution is -2.53. The number of hydrazine groups is 1. The fourth-order valence-corrected chi connectivity index (χ4v) is 4.25. The molecule has 0 rings (SSSR count). The number of carboxylic acids is 1. The number of Topliss-reactive ketones (excluding diaryl/α,β-unsaturated/α-hetero) is 1. The molecule has 10 N–H and O–H groups in total. The van der Waals surface area contributed by atoms with Gasteiger partial charge < -0.3 is 70.4 Å².